The van der Waals surface area contributed by atoms with E-state index in [2.05, 4.69) is 15.4 Å². The molecule has 7 heteroatoms. The first-order chi connectivity index (χ1) is 11.3. The van der Waals surface area contributed by atoms with Gasteiger partial charge in [-0.2, -0.15) is 0 Å². The maximum absolute atomic E-state index is 10.9. The van der Waals surface area contributed by atoms with Gasteiger partial charge in [0.2, 0.25) is 0 Å². The summed E-state index contributed by atoms with van der Waals surface area (Å²) in [6, 6.07) is 0. The molecule has 0 aromatic carbocycles. The van der Waals surface area contributed by atoms with Gasteiger partial charge in [-0.05, 0) is 26.3 Å². The van der Waals surface area contributed by atoms with Gasteiger partial charge in [0.25, 0.3) is 0 Å². The van der Waals surface area contributed by atoms with Crippen LogP contribution in [-0.4, -0.2) is 78.9 Å². The third-order valence-electron chi connectivity index (χ3n) is 3.06. The lowest BCUT2D eigenvalue weighted by Crippen LogP contribution is -2.30. The largest absolute Gasteiger partial charge is 0.469 e. The van der Waals surface area contributed by atoms with Gasteiger partial charge in [0.15, 0.2) is 0 Å². The summed E-state index contributed by atoms with van der Waals surface area (Å²) < 4.78 is 20.5. The van der Waals surface area contributed by atoms with Crippen molar-refractivity contribution in [2.45, 2.75) is 26.2 Å². The summed E-state index contributed by atoms with van der Waals surface area (Å²) >= 11 is 0. The van der Waals surface area contributed by atoms with Crippen molar-refractivity contribution in [1.82, 2.24) is 10.6 Å². The van der Waals surface area contributed by atoms with Crippen LogP contribution >= 0.6 is 0 Å². The molecule has 0 unspecified atom stereocenters. The smallest absolute Gasteiger partial charge is 0.305 e. The van der Waals surface area contributed by atoms with E-state index in [4.69, 9.17) is 14.2 Å². The Morgan fingerprint density at radius 1 is 0.783 bits per heavy atom. The van der Waals surface area contributed by atoms with Gasteiger partial charge in [-0.1, -0.05) is 0 Å². The van der Waals surface area contributed by atoms with Gasteiger partial charge in [0.1, 0.15) is 0 Å². The van der Waals surface area contributed by atoms with E-state index < -0.39 is 0 Å². The van der Waals surface area contributed by atoms with E-state index in [9.17, 15) is 4.79 Å². The summed E-state index contributed by atoms with van der Waals surface area (Å²) in [6.07, 6.45) is 2.36. The van der Waals surface area contributed by atoms with Gasteiger partial charge in [-0.15, -0.1) is 0 Å². The average Bonchev–Trinajstić information content (AvgIpc) is 2.57. The Hall–Kier alpha value is -0.730. The highest BCUT2D eigenvalue weighted by Crippen LogP contribution is 1.95. The molecular formula is C16H34N2O5. The van der Waals surface area contributed by atoms with Crippen molar-refractivity contribution in [3.05, 3.63) is 0 Å². The molecule has 0 rings (SSSR count). The summed E-state index contributed by atoms with van der Waals surface area (Å²) in [5.41, 5.74) is 0. The van der Waals surface area contributed by atoms with Crippen molar-refractivity contribution >= 4 is 5.97 Å². The number of methoxy groups -OCH3 is 1. The van der Waals surface area contributed by atoms with Crippen molar-refractivity contribution in [2.75, 3.05) is 72.9 Å². The molecule has 0 bridgehead atoms. The highest BCUT2D eigenvalue weighted by atomic mass is 16.5. The minimum absolute atomic E-state index is 0.133. The van der Waals surface area contributed by atoms with E-state index >= 15 is 0 Å². The van der Waals surface area contributed by atoms with Gasteiger partial charge in [-0.3, -0.25) is 4.79 Å². The summed E-state index contributed by atoms with van der Waals surface area (Å²) in [5, 5.41) is 6.63. The van der Waals surface area contributed by atoms with Crippen LogP contribution in [0.3, 0.4) is 0 Å². The van der Waals surface area contributed by atoms with Gasteiger partial charge >= 0.3 is 5.97 Å². The molecule has 0 aliphatic carbocycles. The van der Waals surface area contributed by atoms with Gasteiger partial charge in [-0.25, -0.2) is 0 Å². The first-order valence-corrected chi connectivity index (χ1v) is 8.52. The number of esters is 1. The molecular weight excluding hydrogens is 300 g/mol. The predicted octanol–water partition coefficient (Wildman–Crippen LogP) is 0.579. The summed E-state index contributed by atoms with van der Waals surface area (Å²) in [6.45, 7) is 9.47. The number of hydrogen-bond acceptors (Lipinski definition) is 7. The normalized spacial score (nSPS) is 10.9. The Labute approximate surface area is 140 Å². The fraction of sp³-hybridized carbons (Fsp3) is 0.938. The van der Waals surface area contributed by atoms with Crippen LogP contribution in [0.15, 0.2) is 0 Å². The second kappa shape index (κ2) is 19.3. The Balaban J connectivity index is 2.99. The zero-order valence-corrected chi connectivity index (χ0v) is 14.7. The number of unbranched alkanes of at least 4 members (excludes halogenated alkanes) is 1. The summed E-state index contributed by atoms with van der Waals surface area (Å²) in [4.78, 5) is 10.9. The average molecular weight is 334 g/mol. The van der Waals surface area contributed by atoms with Crippen LogP contribution in [0.5, 0.6) is 0 Å². The van der Waals surface area contributed by atoms with Crippen molar-refractivity contribution in [2.24, 2.45) is 0 Å². The number of rotatable bonds is 18. The van der Waals surface area contributed by atoms with Crippen molar-refractivity contribution in [3.63, 3.8) is 0 Å². The second-order valence-electron chi connectivity index (χ2n) is 4.95. The Kier molecular flexibility index (Phi) is 18.7. The third-order valence-corrected chi connectivity index (χ3v) is 3.06. The zero-order valence-electron chi connectivity index (χ0n) is 14.7. The fourth-order valence-electron chi connectivity index (χ4n) is 1.78. The lowest BCUT2D eigenvalue weighted by molar-refractivity contribution is -0.140. The monoisotopic (exact) mass is 334 g/mol. The SMILES string of the molecule is CCOCCOCCOCCNCCNCCCCC(=O)OC. The van der Waals surface area contributed by atoms with Crippen molar-refractivity contribution in [1.29, 1.82) is 0 Å². The molecule has 0 fully saturated rings. The molecule has 0 aliphatic rings. The predicted molar refractivity (Wildman–Crippen MR) is 89.7 cm³/mol. The van der Waals surface area contributed by atoms with Crippen molar-refractivity contribution in [3.8, 4) is 0 Å². The van der Waals surface area contributed by atoms with Crippen LogP contribution in [0.4, 0.5) is 0 Å². The maximum Gasteiger partial charge on any atom is 0.305 e. The molecule has 0 spiro atoms. The van der Waals surface area contributed by atoms with Crippen LogP contribution in [-0.2, 0) is 23.7 Å². The van der Waals surface area contributed by atoms with Crippen LogP contribution in [0.1, 0.15) is 26.2 Å². The van der Waals surface area contributed by atoms with Crippen LogP contribution < -0.4 is 10.6 Å². The van der Waals surface area contributed by atoms with Crippen LogP contribution in [0, 0.1) is 0 Å². The van der Waals surface area contributed by atoms with E-state index in [1.807, 2.05) is 6.92 Å². The Morgan fingerprint density at radius 3 is 2.04 bits per heavy atom. The second-order valence-corrected chi connectivity index (χ2v) is 4.95. The molecule has 0 atom stereocenters. The van der Waals surface area contributed by atoms with Gasteiger partial charge < -0.3 is 29.6 Å². The molecule has 0 heterocycles. The van der Waals surface area contributed by atoms with Gasteiger partial charge in [0.05, 0.1) is 40.1 Å². The van der Waals surface area contributed by atoms with Crippen LogP contribution in [0.25, 0.3) is 0 Å². The Morgan fingerprint density at radius 2 is 1.39 bits per heavy atom. The molecule has 138 valence electrons. The fourth-order valence-corrected chi connectivity index (χ4v) is 1.78. The number of carbonyl (C=O) groups excluding carboxylic acids is 1. The zero-order chi connectivity index (χ0) is 17.0. The molecule has 23 heavy (non-hydrogen) atoms. The number of nitrogens with one attached hydrogen (secondary N) is 2. The van der Waals surface area contributed by atoms with Crippen molar-refractivity contribution < 1.29 is 23.7 Å². The molecule has 0 radical (unpaired) electrons. The van der Waals surface area contributed by atoms with E-state index in [1.165, 1.54) is 7.11 Å². The maximum atomic E-state index is 10.9. The van der Waals surface area contributed by atoms with E-state index in [0.29, 0.717) is 39.5 Å². The minimum atomic E-state index is -0.133. The van der Waals surface area contributed by atoms with Crippen LogP contribution in [0.2, 0.25) is 0 Å². The quantitative estimate of drug-likeness (QED) is 0.280. The standard InChI is InChI=1S/C16H34N2O5/c1-3-21-12-13-23-15-14-22-11-10-18-9-8-17-7-5-4-6-16(19)20-2/h17-18H,3-15H2,1-2H3. The van der Waals surface area contributed by atoms with E-state index in [-0.39, 0.29) is 5.97 Å². The molecule has 0 aromatic rings. The summed E-state index contributed by atoms with van der Waals surface area (Å²) in [5.74, 6) is -0.133. The number of carbonyl (C=O) groups is 1. The third kappa shape index (κ3) is 19.2. The van der Waals surface area contributed by atoms with Gasteiger partial charge in [0, 0.05) is 32.7 Å². The minimum Gasteiger partial charge on any atom is -0.469 e. The van der Waals surface area contributed by atoms with E-state index in [0.717, 1.165) is 45.6 Å². The molecule has 0 saturated heterocycles. The number of hydrogen-bond donors (Lipinski definition) is 2. The topological polar surface area (TPSA) is 78.0 Å². The molecule has 7 nitrogen and oxygen atoms in total. The highest BCUT2D eigenvalue weighted by Gasteiger charge is 1.98. The lowest BCUT2D eigenvalue weighted by Gasteiger charge is -2.08. The molecule has 0 saturated carbocycles. The first kappa shape index (κ1) is 22.3. The first-order valence-electron chi connectivity index (χ1n) is 8.52. The summed E-state index contributed by atoms with van der Waals surface area (Å²) in [7, 11) is 1.42. The highest BCUT2D eigenvalue weighted by molar-refractivity contribution is 5.68. The molecule has 0 aliphatic heterocycles. The lowest BCUT2D eigenvalue weighted by atomic mass is 10.2. The van der Waals surface area contributed by atoms with E-state index in [1.54, 1.807) is 0 Å². The molecule has 0 aromatic heterocycles. The number of ether oxygens (including phenoxy) is 4. The molecule has 0 amide bonds. The Bertz CT molecular complexity index is 255. The molecule has 2 N–H and O–H groups in total.